The third-order valence-electron chi connectivity index (χ3n) is 4.62. The van der Waals surface area contributed by atoms with Crippen molar-refractivity contribution < 1.29 is 17.9 Å². The zero-order valence-corrected chi connectivity index (χ0v) is 15.8. The molecule has 0 bridgehead atoms. The molecule has 6 nitrogen and oxygen atoms in total. The summed E-state index contributed by atoms with van der Waals surface area (Å²) in [6, 6.07) is 11.2. The molecule has 1 atom stereocenters. The molecule has 1 unspecified atom stereocenters. The van der Waals surface area contributed by atoms with E-state index in [0.717, 1.165) is 11.1 Å². The molecular formula is C19H22N2O4S. The standard InChI is InChI=1S/C19H22N2O4S/c1-13-6-4-5-7-16(13)18-19(22)20-10-11-21(18)26(23,24)15-8-9-17(25-3)14(2)12-15/h4-9,12,18H,10-11H2,1-3H3,(H,20,22). The third-order valence-corrected chi connectivity index (χ3v) is 6.48. The van der Waals surface area contributed by atoms with Gasteiger partial charge in [0.1, 0.15) is 11.8 Å². The average Bonchev–Trinajstić information content (AvgIpc) is 2.62. The second-order valence-electron chi connectivity index (χ2n) is 6.30. The third kappa shape index (κ3) is 3.20. The van der Waals surface area contributed by atoms with Crippen molar-refractivity contribution in [3.63, 3.8) is 0 Å². The Hall–Kier alpha value is -2.38. The largest absolute Gasteiger partial charge is 0.496 e. The van der Waals surface area contributed by atoms with Gasteiger partial charge in [0.2, 0.25) is 15.9 Å². The molecule has 0 aliphatic carbocycles. The van der Waals surface area contributed by atoms with Crippen LogP contribution in [-0.2, 0) is 14.8 Å². The van der Waals surface area contributed by atoms with E-state index in [0.29, 0.717) is 11.3 Å². The van der Waals surface area contributed by atoms with Gasteiger partial charge in [-0.3, -0.25) is 4.79 Å². The molecule has 1 amide bonds. The molecule has 7 heteroatoms. The number of rotatable bonds is 4. The summed E-state index contributed by atoms with van der Waals surface area (Å²) in [5.41, 5.74) is 2.29. The number of hydrogen-bond donors (Lipinski definition) is 1. The molecule has 1 saturated heterocycles. The van der Waals surface area contributed by atoms with Crippen LogP contribution < -0.4 is 10.1 Å². The van der Waals surface area contributed by atoms with Crippen LogP contribution in [-0.4, -0.2) is 38.8 Å². The summed E-state index contributed by atoms with van der Waals surface area (Å²) >= 11 is 0. The first kappa shape index (κ1) is 18.4. The van der Waals surface area contributed by atoms with Gasteiger partial charge in [0.05, 0.1) is 12.0 Å². The van der Waals surface area contributed by atoms with E-state index in [1.807, 2.05) is 25.1 Å². The van der Waals surface area contributed by atoms with Gasteiger partial charge in [-0.15, -0.1) is 0 Å². The maximum atomic E-state index is 13.3. The molecule has 26 heavy (non-hydrogen) atoms. The van der Waals surface area contributed by atoms with Crippen molar-refractivity contribution in [1.29, 1.82) is 0 Å². The lowest BCUT2D eigenvalue weighted by molar-refractivity contribution is -0.126. The molecule has 0 radical (unpaired) electrons. The maximum Gasteiger partial charge on any atom is 0.244 e. The van der Waals surface area contributed by atoms with Crippen molar-refractivity contribution in [2.24, 2.45) is 0 Å². The number of carbonyl (C=O) groups is 1. The highest BCUT2D eigenvalue weighted by Crippen LogP contribution is 2.32. The van der Waals surface area contributed by atoms with Crippen LogP contribution in [0.4, 0.5) is 0 Å². The van der Waals surface area contributed by atoms with Gasteiger partial charge < -0.3 is 10.1 Å². The molecule has 2 aromatic rings. The summed E-state index contributed by atoms with van der Waals surface area (Å²) in [6.07, 6.45) is 0. The number of benzene rings is 2. The van der Waals surface area contributed by atoms with Gasteiger partial charge in [-0.2, -0.15) is 4.31 Å². The highest BCUT2D eigenvalue weighted by molar-refractivity contribution is 7.89. The monoisotopic (exact) mass is 374 g/mol. The highest BCUT2D eigenvalue weighted by Gasteiger charge is 2.40. The molecule has 1 heterocycles. The van der Waals surface area contributed by atoms with E-state index < -0.39 is 16.1 Å². The van der Waals surface area contributed by atoms with Crippen molar-refractivity contribution in [2.75, 3.05) is 20.2 Å². The predicted octanol–water partition coefficient (Wildman–Crippen LogP) is 2.17. The highest BCUT2D eigenvalue weighted by atomic mass is 32.2. The molecule has 0 aromatic heterocycles. The van der Waals surface area contributed by atoms with E-state index in [1.165, 1.54) is 10.4 Å². The summed E-state index contributed by atoms with van der Waals surface area (Å²) < 4.78 is 33.1. The van der Waals surface area contributed by atoms with Crippen LogP contribution in [0.15, 0.2) is 47.4 Å². The van der Waals surface area contributed by atoms with Gasteiger partial charge in [0.25, 0.3) is 0 Å². The Morgan fingerprint density at radius 3 is 2.50 bits per heavy atom. The first-order valence-electron chi connectivity index (χ1n) is 8.36. The van der Waals surface area contributed by atoms with Gasteiger partial charge in [-0.1, -0.05) is 24.3 Å². The first-order valence-corrected chi connectivity index (χ1v) is 9.80. The lowest BCUT2D eigenvalue weighted by atomic mass is 9.99. The number of ether oxygens (including phenoxy) is 1. The zero-order chi connectivity index (χ0) is 18.9. The van der Waals surface area contributed by atoms with E-state index in [4.69, 9.17) is 4.74 Å². The minimum atomic E-state index is -3.84. The molecule has 1 aliphatic rings. The molecular weight excluding hydrogens is 352 g/mol. The van der Waals surface area contributed by atoms with Crippen LogP contribution in [0.1, 0.15) is 22.7 Å². The van der Waals surface area contributed by atoms with E-state index in [-0.39, 0.29) is 23.9 Å². The van der Waals surface area contributed by atoms with Gasteiger partial charge in [0.15, 0.2) is 0 Å². The van der Waals surface area contributed by atoms with Crippen LogP contribution in [0.2, 0.25) is 0 Å². The Kier molecular flexibility index (Phi) is 5.02. The van der Waals surface area contributed by atoms with Crippen molar-refractivity contribution in [1.82, 2.24) is 9.62 Å². The molecule has 1 aliphatic heterocycles. The molecule has 3 rings (SSSR count). The quantitative estimate of drug-likeness (QED) is 0.890. The van der Waals surface area contributed by atoms with Gasteiger partial charge in [-0.25, -0.2) is 8.42 Å². The van der Waals surface area contributed by atoms with Crippen molar-refractivity contribution in [3.05, 3.63) is 59.2 Å². The van der Waals surface area contributed by atoms with Crippen LogP contribution >= 0.6 is 0 Å². The number of amides is 1. The molecule has 138 valence electrons. The molecule has 2 aromatic carbocycles. The summed E-state index contributed by atoms with van der Waals surface area (Å²) in [6.45, 7) is 4.17. The number of carbonyl (C=O) groups excluding carboxylic acids is 1. The second-order valence-corrected chi connectivity index (χ2v) is 8.19. The van der Waals surface area contributed by atoms with Crippen LogP contribution in [0.3, 0.4) is 0 Å². The number of nitrogens with one attached hydrogen (secondary N) is 1. The summed E-state index contributed by atoms with van der Waals surface area (Å²) in [5.74, 6) is 0.315. The fourth-order valence-corrected chi connectivity index (χ4v) is 4.90. The van der Waals surface area contributed by atoms with Gasteiger partial charge in [-0.05, 0) is 48.7 Å². The topological polar surface area (TPSA) is 75.7 Å². The SMILES string of the molecule is COc1ccc(S(=O)(=O)N2CCNC(=O)C2c2ccccc2C)cc1C. The zero-order valence-electron chi connectivity index (χ0n) is 15.0. The van der Waals surface area contributed by atoms with Crippen LogP contribution in [0.5, 0.6) is 5.75 Å². The number of piperazine rings is 1. The molecule has 0 saturated carbocycles. The maximum absolute atomic E-state index is 13.3. The van der Waals surface area contributed by atoms with E-state index >= 15 is 0 Å². The summed E-state index contributed by atoms with van der Waals surface area (Å²) in [7, 11) is -2.30. The lowest BCUT2D eigenvalue weighted by Gasteiger charge is -2.35. The Balaban J connectivity index is 2.08. The first-order chi connectivity index (χ1) is 12.4. The van der Waals surface area contributed by atoms with Crippen molar-refractivity contribution in [2.45, 2.75) is 24.8 Å². The van der Waals surface area contributed by atoms with Crippen LogP contribution in [0.25, 0.3) is 0 Å². The predicted molar refractivity (Wildman–Crippen MR) is 98.6 cm³/mol. The fraction of sp³-hybridized carbons (Fsp3) is 0.316. The average molecular weight is 374 g/mol. The van der Waals surface area contributed by atoms with Gasteiger partial charge in [0, 0.05) is 13.1 Å². The number of nitrogens with zero attached hydrogens (tertiary/aromatic N) is 1. The number of aryl methyl sites for hydroxylation is 2. The molecule has 0 spiro atoms. The minimum Gasteiger partial charge on any atom is -0.496 e. The summed E-state index contributed by atoms with van der Waals surface area (Å²) in [4.78, 5) is 12.7. The number of sulfonamides is 1. The Morgan fingerprint density at radius 2 is 1.85 bits per heavy atom. The molecule has 1 N–H and O–H groups in total. The van der Waals surface area contributed by atoms with Gasteiger partial charge >= 0.3 is 0 Å². The normalized spacial score (nSPS) is 18.4. The number of hydrogen-bond acceptors (Lipinski definition) is 4. The van der Waals surface area contributed by atoms with Crippen LogP contribution in [0, 0.1) is 13.8 Å². The molecule has 1 fully saturated rings. The summed E-state index contributed by atoms with van der Waals surface area (Å²) in [5, 5.41) is 2.78. The van der Waals surface area contributed by atoms with E-state index in [1.54, 1.807) is 32.2 Å². The lowest BCUT2D eigenvalue weighted by Crippen LogP contribution is -2.52. The fourth-order valence-electron chi connectivity index (χ4n) is 3.24. The number of methoxy groups -OCH3 is 1. The smallest absolute Gasteiger partial charge is 0.244 e. The Bertz CT molecular complexity index is 940. The Morgan fingerprint density at radius 1 is 1.12 bits per heavy atom. The Labute approximate surface area is 153 Å². The van der Waals surface area contributed by atoms with E-state index in [9.17, 15) is 13.2 Å². The van der Waals surface area contributed by atoms with E-state index in [2.05, 4.69) is 5.32 Å². The minimum absolute atomic E-state index is 0.157. The van der Waals surface area contributed by atoms with Crippen molar-refractivity contribution >= 4 is 15.9 Å². The van der Waals surface area contributed by atoms with Crippen molar-refractivity contribution in [3.8, 4) is 5.75 Å². The second kappa shape index (κ2) is 7.09.